The highest BCUT2D eigenvalue weighted by molar-refractivity contribution is 5.92. The van der Waals surface area contributed by atoms with Gasteiger partial charge in [-0.15, -0.1) is 0 Å². The second kappa shape index (κ2) is 7.45. The van der Waals surface area contributed by atoms with Crippen molar-refractivity contribution in [1.82, 2.24) is 9.80 Å². The van der Waals surface area contributed by atoms with E-state index in [-0.39, 0.29) is 25.5 Å². The van der Waals surface area contributed by atoms with Gasteiger partial charge in [-0.05, 0) is 12.1 Å². The minimum atomic E-state index is -4.48. The van der Waals surface area contributed by atoms with E-state index in [1.807, 2.05) is 11.0 Å². The van der Waals surface area contributed by atoms with E-state index in [0.717, 1.165) is 0 Å². The quantitative estimate of drug-likeness (QED) is 0.915. The fourth-order valence-electron chi connectivity index (χ4n) is 2.36. The summed E-state index contributed by atoms with van der Waals surface area (Å²) in [5, 5.41) is 2.74. The molecule has 5 nitrogen and oxygen atoms in total. The number of nitrogens with one attached hydrogen (secondary N) is 1. The number of piperazine rings is 1. The summed E-state index contributed by atoms with van der Waals surface area (Å²) in [7, 11) is 0. The molecule has 8 heteroatoms. The molecule has 0 spiro atoms. The minimum Gasteiger partial charge on any atom is -0.340 e. The fraction of sp³-hybridized carbons (Fsp3) is 0.467. The number of alkyl halides is 3. The van der Waals surface area contributed by atoms with E-state index in [4.69, 9.17) is 0 Å². The number of carbonyl (C=O) groups excluding carboxylic acids is 2. The van der Waals surface area contributed by atoms with Crippen molar-refractivity contribution in [2.24, 2.45) is 0 Å². The molecule has 0 bridgehead atoms. The number of para-hydroxylation sites is 1. The molecule has 23 heavy (non-hydrogen) atoms. The number of carbonyl (C=O) groups is 2. The summed E-state index contributed by atoms with van der Waals surface area (Å²) in [4.78, 5) is 26.4. The highest BCUT2D eigenvalue weighted by Gasteiger charge is 2.34. The molecule has 1 N–H and O–H groups in total. The van der Waals surface area contributed by atoms with Gasteiger partial charge in [0.1, 0.15) is 6.42 Å². The second-order valence-electron chi connectivity index (χ2n) is 5.36. The fourth-order valence-corrected chi connectivity index (χ4v) is 2.36. The van der Waals surface area contributed by atoms with Gasteiger partial charge in [-0.25, -0.2) is 0 Å². The molecule has 0 saturated carbocycles. The number of halogens is 3. The summed E-state index contributed by atoms with van der Waals surface area (Å²) in [5.74, 6) is -1.10. The van der Waals surface area contributed by atoms with E-state index in [1.54, 1.807) is 24.3 Å². The van der Waals surface area contributed by atoms with Gasteiger partial charge in [0, 0.05) is 31.9 Å². The van der Waals surface area contributed by atoms with E-state index in [2.05, 4.69) is 5.32 Å². The van der Waals surface area contributed by atoms with Gasteiger partial charge < -0.3 is 10.2 Å². The second-order valence-corrected chi connectivity index (χ2v) is 5.36. The first-order valence-electron chi connectivity index (χ1n) is 7.25. The van der Waals surface area contributed by atoms with Gasteiger partial charge in [-0.1, -0.05) is 18.2 Å². The Balaban J connectivity index is 1.74. The lowest BCUT2D eigenvalue weighted by molar-refractivity contribution is -0.162. The topological polar surface area (TPSA) is 52.7 Å². The Hall–Kier alpha value is -2.09. The summed E-state index contributed by atoms with van der Waals surface area (Å²) in [6, 6.07) is 8.99. The van der Waals surface area contributed by atoms with Crippen LogP contribution in [0.15, 0.2) is 30.3 Å². The van der Waals surface area contributed by atoms with Crippen LogP contribution in [0.2, 0.25) is 0 Å². The highest BCUT2D eigenvalue weighted by Crippen LogP contribution is 2.21. The predicted octanol–water partition coefficient (Wildman–Crippen LogP) is 1.72. The first-order valence-corrected chi connectivity index (χ1v) is 7.25. The van der Waals surface area contributed by atoms with E-state index in [1.165, 1.54) is 4.90 Å². The van der Waals surface area contributed by atoms with Gasteiger partial charge in [-0.2, -0.15) is 13.2 Å². The Kier molecular flexibility index (Phi) is 5.59. The number of anilines is 1. The highest BCUT2D eigenvalue weighted by atomic mass is 19.4. The molecule has 0 atom stereocenters. The standard InChI is InChI=1S/C15H18F3N3O2/c16-15(17,18)10-14(23)21-8-6-20(7-9-21)11-13(22)19-12-4-2-1-3-5-12/h1-5H,6-11H2,(H,19,22). The van der Waals surface area contributed by atoms with Crippen LogP contribution in [0.1, 0.15) is 6.42 Å². The molecule has 126 valence electrons. The number of hydrogen-bond acceptors (Lipinski definition) is 3. The van der Waals surface area contributed by atoms with Crippen molar-refractivity contribution in [3.8, 4) is 0 Å². The third kappa shape index (κ3) is 5.90. The molecule has 1 aromatic rings. The summed E-state index contributed by atoms with van der Waals surface area (Å²) in [6.45, 7) is 1.31. The zero-order valence-electron chi connectivity index (χ0n) is 12.5. The minimum absolute atomic E-state index is 0.149. The molecule has 2 rings (SSSR count). The van der Waals surface area contributed by atoms with Crippen LogP contribution in [0.3, 0.4) is 0 Å². The lowest BCUT2D eigenvalue weighted by Crippen LogP contribution is -2.51. The summed E-state index contributed by atoms with van der Waals surface area (Å²) in [5.41, 5.74) is 0.691. The van der Waals surface area contributed by atoms with Crippen LogP contribution >= 0.6 is 0 Å². The molecule has 0 unspecified atom stereocenters. The van der Waals surface area contributed by atoms with Gasteiger partial charge in [0.25, 0.3) is 0 Å². The molecule has 1 saturated heterocycles. The first kappa shape index (κ1) is 17.3. The molecule has 1 aromatic carbocycles. The summed E-state index contributed by atoms with van der Waals surface area (Å²) < 4.78 is 36.6. The lowest BCUT2D eigenvalue weighted by Gasteiger charge is -2.34. The van der Waals surface area contributed by atoms with Crippen LogP contribution in [-0.2, 0) is 9.59 Å². The van der Waals surface area contributed by atoms with Crippen LogP contribution in [0.25, 0.3) is 0 Å². The van der Waals surface area contributed by atoms with Crippen LogP contribution < -0.4 is 5.32 Å². The van der Waals surface area contributed by atoms with Gasteiger partial charge in [0.15, 0.2) is 0 Å². The molecule has 0 radical (unpaired) electrons. The lowest BCUT2D eigenvalue weighted by atomic mass is 10.2. The molecular weight excluding hydrogens is 311 g/mol. The Morgan fingerprint density at radius 3 is 2.22 bits per heavy atom. The number of rotatable bonds is 4. The Morgan fingerprint density at radius 1 is 1.04 bits per heavy atom. The predicted molar refractivity (Wildman–Crippen MR) is 78.8 cm³/mol. The molecule has 1 fully saturated rings. The SMILES string of the molecule is O=C(CN1CCN(C(=O)CC(F)(F)F)CC1)Nc1ccccc1. The van der Waals surface area contributed by atoms with E-state index >= 15 is 0 Å². The zero-order valence-corrected chi connectivity index (χ0v) is 12.5. The third-order valence-electron chi connectivity index (χ3n) is 3.50. The van der Waals surface area contributed by atoms with Crippen LogP contribution in [0, 0.1) is 0 Å². The third-order valence-corrected chi connectivity index (χ3v) is 3.50. The largest absolute Gasteiger partial charge is 0.397 e. The van der Waals surface area contributed by atoms with Crippen molar-refractivity contribution in [2.75, 3.05) is 38.0 Å². The zero-order chi connectivity index (χ0) is 16.9. The molecule has 1 aliphatic heterocycles. The number of benzene rings is 1. The van der Waals surface area contributed by atoms with E-state index in [0.29, 0.717) is 18.8 Å². The maximum atomic E-state index is 12.2. The molecule has 0 aliphatic carbocycles. The van der Waals surface area contributed by atoms with E-state index in [9.17, 15) is 22.8 Å². The van der Waals surface area contributed by atoms with Crippen molar-refractivity contribution < 1.29 is 22.8 Å². The van der Waals surface area contributed by atoms with Crippen molar-refractivity contribution in [2.45, 2.75) is 12.6 Å². The maximum Gasteiger partial charge on any atom is 0.397 e. The first-order chi connectivity index (χ1) is 10.8. The number of hydrogen-bond donors (Lipinski definition) is 1. The van der Waals surface area contributed by atoms with E-state index < -0.39 is 18.5 Å². The molecule has 1 aliphatic rings. The van der Waals surface area contributed by atoms with Crippen LogP contribution in [-0.4, -0.2) is 60.5 Å². The normalized spacial score (nSPS) is 16.2. The van der Waals surface area contributed by atoms with Crippen LogP contribution in [0.4, 0.5) is 18.9 Å². The molecule has 0 aromatic heterocycles. The number of nitrogens with zero attached hydrogens (tertiary/aromatic N) is 2. The molecule has 2 amide bonds. The van der Waals surface area contributed by atoms with Gasteiger partial charge in [0.05, 0.1) is 6.54 Å². The smallest absolute Gasteiger partial charge is 0.340 e. The van der Waals surface area contributed by atoms with Gasteiger partial charge in [0.2, 0.25) is 11.8 Å². The number of amides is 2. The van der Waals surface area contributed by atoms with Crippen LogP contribution in [0.5, 0.6) is 0 Å². The Morgan fingerprint density at radius 2 is 1.65 bits per heavy atom. The van der Waals surface area contributed by atoms with Gasteiger partial charge >= 0.3 is 6.18 Å². The summed E-state index contributed by atoms with van der Waals surface area (Å²) >= 11 is 0. The van der Waals surface area contributed by atoms with Gasteiger partial charge in [-0.3, -0.25) is 14.5 Å². The summed E-state index contributed by atoms with van der Waals surface area (Å²) in [6.07, 6.45) is -5.91. The van der Waals surface area contributed by atoms with Crippen molar-refractivity contribution >= 4 is 17.5 Å². The van der Waals surface area contributed by atoms with Crippen molar-refractivity contribution in [3.63, 3.8) is 0 Å². The van der Waals surface area contributed by atoms with Crippen molar-refractivity contribution in [3.05, 3.63) is 30.3 Å². The average molecular weight is 329 g/mol. The van der Waals surface area contributed by atoms with Crippen molar-refractivity contribution in [1.29, 1.82) is 0 Å². The maximum absolute atomic E-state index is 12.2. The molecule has 1 heterocycles. The molecular formula is C15H18F3N3O2. The average Bonchev–Trinajstić information content (AvgIpc) is 2.47. The Labute approximate surface area is 132 Å². The Bertz CT molecular complexity index is 541. The monoisotopic (exact) mass is 329 g/mol.